The molecule has 0 bridgehead atoms. The molecule has 0 amide bonds. The Morgan fingerprint density at radius 3 is 1.35 bits per heavy atom. The Labute approximate surface area is 264 Å². The Hall–Kier alpha value is -2.74. The molecule has 3 aromatic carbocycles. The summed E-state index contributed by atoms with van der Waals surface area (Å²) in [6.45, 7) is 14.3. The van der Waals surface area contributed by atoms with Crippen molar-refractivity contribution in [2.24, 2.45) is 23.7 Å². The molecule has 0 aliphatic rings. The molecule has 2 nitrogen and oxygen atoms in total. The molecule has 0 radical (unpaired) electrons. The fourth-order valence-electron chi connectivity index (χ4n) is 6.77. The second-order valence-corrected chi connectivity index (χ2v) is 13.7. The minimum absolute atomic E-state index is 0.685. The molecule has 3 atom stereocenters. The summed E-state index contributed by atoms with van der Waals surface area (Å²) in [4.78, 5) is 0. The van der Waals surface area contributed by atoms with Gasteiger partial charge < -0.3 is 9.47 Å². The molecular formula is C41H60O2. The third kappa shape index (κ3) is 10.4. The van der Waals surface area contributed by atoms with Gasteiger partial charge in [-0.2, -0.15) is 0 Å². The predicted octanol–water partition coefficient (Wildman–Crippen LogP) is 12.4. The Morgan fingerprint density at radius 2 is 0.907 bits per heavy atom. The van der Waals surface area contributed by atoms with E-state index in [0.29, 0.717) is 5.92 Å². The van der Waals surface area contributed by atoms with E-state index in [1.807, 2.05) is 0 Å². The predicted molar refractivity (Wildman–Crippen MR) is 187 cm³/mol. The van der Waals surface area contributed by atoms with Crippen LogP contribution in [0.3, 0.4) is 0 Å². The van der Waals surface area contributed by atoms with Crippen molar-refractivity contribution in [3.8, 4) is 33.8 Å². The summed E-state index contributed by atoms with van der Waals surface area (Å²) in [7, 11) is 3.53. The van der Waals surface area contributed by atoms with Gasteiger partial charge in [-0.1, -0.05) is 153 Å². The van der Waals surface area contributed by atoms with Crippen LogP contribution in [0.1, 0.15) is 110 Å². The van der Waals surface area contributed by atoms with Crippen LogP contribution in [0.25, 0.3) is 22.3 Å². The van der Waals surface area contributed by atoms with Crippen molar-refractivity contribution >= 4 is 0 Å². The van der Waals surface area contributed by atoms with Crippen LogP contribution in [0.5, 0.6) is 11.5 Å². The smallest absolute Gasteiger partial charge is 0.169 e. The number of rotatable bonds is 19. The second kappa shape index (κ2) is 18.2. The van der Waals surface area contributed by atoms with Gasteiger partial charge in [0.15, 0.2) is 11.5 Å². The SMILES string of the molecule is COc1c(OC)c(-c2ccccc2)c(CCC(C)CCCC(C)CCCC(C)CCCC(C)C)c(C)c1-c1ccccc1. The van der Waals surface area contributed by atoms with Gasteiger partial charge in [0.1, 0.15) is 0 Å². The number of benzene rings is 3. The largest absolute Gasteiger partial charge is 0.492 e. The first-order valence-electron chi connectivity index (χ1n) is 17.1. The average Bonchev–Trinajstić information content (AvgIpc) is 3.00. The molecule has 2 heteroatoms. The van der Waals surface area contributed by atoms with E-state index >= 15 is 0 Å². The summed E-state index contributed by atoms with van der Waals surface area (Å²) in [5, 5.41) is 0. The molecule has 236 valence electrons. The van der Waals surface area contributed by atoms with Crippen LogP contribution >= 0.6 is 0 Å². The molecule has 3 aromatic rings. The molecule has 0 aromatic heterocycles. The van der Waals surface area contributed by atoms with E-state index in [0.717, 1.165) is 41.2 Å². The fourth-order valence-corrected chi connectivity index (χ4v) is 6.77. The summed E-state index contributed by atoms with van der Waals surface area (Å²) in [6.07, 6.45) is 14.6. The van der Waals surface area contributed by atoms with E-state index in [1.54, 1.807) is 14.2 Å². The summed E-state index contributed by atoms with van der Waals surface area (Å²) in [5.41, 5.74) is 7.35. The van der Waals surface area contributed by atoms with E-state index < -0.39 is 0 Å². The van der Waals surface area contributed by atoms with Gasteiger partial charge in [-0.05, 0) is 65.7 Å². The van der Waals surface area contributed by atoms with Crippen molar-refractivity contribution in [2.75, 3.05) is 14.2 Å². The molecular weight excluding hydrogens is 524 g/mol. The molecule has 3 unspecified atom stereocenters. The molecule has 0 saturated carbocycles. The second-order valence-electron chi connectivity index (χ2n) is 13.7. The highest BCUT2D eigenvalue weighted by molar-refractivity contribution is 5.88. The minimum Gasteiger partial charge on any atom is -0.492 e. The third-order valence-corrected chi connectivity index (χ3v) is 9.48. The highest BCUT2D eigenvalue weighted by Gasteiger charge is 2.25. The zero-order chi connectivity index (χ0) is 31.2. The Balaban J connectivity index is 1.65. The number of hydrogen-bond acceptors (Lipinski definition) is 2. The van der Waals surface area contributed by atoms with Crippen molar-refractivity contribution in [2.45, 2.75) is 112 Å². The quantitative estimate of drug-likeness (QED) is 0.139. The Kier molecular flexibility index (Phi) is 14.7. The topological polar surface area (TPSA) is 18.5 Å². The first-order chi connectivity index (χ1) is 20.8. The maximum atomic E-state index is 6.13. The van der Waals surface area contributed by atoms with E-state index in [9.17, 15) is 0 Å². The molecule has 0 heterocycles. The first kappa shape index (κ1) is 34.7. The fraction of sp³-hybridized carbons (Fsp3) is 0.561. The normalized spacial score (nSPS) is 13.6. The summed E-state index contributed by atoms with van der Waals surface area (Å²) < 4.78 is 12.2. The average molecular weight is 585 g/mol. The molecule has 0 N–H and O–H groups in total. The van der Waals surface area contributed by atoms with Gasteiger partial charge in [0.25, 0.3) is 0 Å². The van der Waals surface area contributed by atoms with E-state index in [1.165, 1.54) is 92.0 Å². The van der Waals surface area contributed by atoms with Crippen molar-refractivity contribution in [1.82, 2.24) is 0 Å². The maximum Gasteiger partial charge on any atom is 0.169 e. The molecule has 3 rings (SSSR count). The van der Waals surface area contributed by atoms with Gasteiger partial charge in [0.05, 0.1) is 14.2 Å². The van der Waals surface area contributed by atoms with Crippen LogP contribution in [-0.2, 0) is 6.42 Å². The summed E-state index contributed by atoms with van der Waals surface area (Å²) >= 11 is 0. The molecule has 43 heavy (non-hydrogen) atoms. The number of hydrogen-bond donors (Lipinski definition) is 0. The van der Waals surface area contributed by atoms with Gasteiger partial charge in [0, 0.05) is 11.1 Å². The van der Waals surface area contributed by atoms with Gasteiger partial charge in [-0.25, -0.2) is 0 Å². The lowest BCUT2D eigenvalue weighted by atomic mass is 9.84. The summed E-state index contributed by atoms with van der Waals surface area (Å²) in [6, 6.07) is 21.3. The van der Waals surface area contributed by atoms with Crippen molar-refractivity contribution in [1.29, 1.82) is 0 Å². The van der Waals surface area contributed by atoms with Gasteiger partial charge >= 0.3 is 0 Å². The van der Waals surface area contributed by atoms with Crippen LogP contribution in [0, 0.1) is 30.6 Å². The van der Waals surface area contributed by atoms with Crippen molar-refractivity contribution < 1.29 is 9.47 Å². The lowest BCUT2D eigenvalue weighted by Gasteiger charge is -2.25. The molecule has 0 saturated heterocycles. The monoisotopic (exact) mass is 584 g/mol. The van der Waals surface area contributed by atoms with Gasteiger partial charge in [0.2, 0.25) is 0 Å². The van der Waals surface area contributed by atoms with Crippen molar-refractivity contribution in [3.63, 3.8) is 0 Å². The maximum absolute atomic E-state index is 6.13. The van der Waals surface area contributed by atoms with Crippen LogP contribution in [0.2, 0.25) is 0 Å². The Morgan fingerprint density at radius 1 is 0.512 bits per heavy atom. The first-order valence-corrected chi connectivity index (χ1v) is 17.1. The molecule has 0 fully saturated rings. The minimum atomic E-state index is 0.685. The standard InChI is InChI=1S/C41H60O2/c1-30(2)18-15-19-31(3)20-16-21-32(4)22-17-23-33(5)28-29-37-34(6)38(35-24-11-9-12-25-35)40(42-7)41(43-8)39(37)36-26-13-10-14-27-36/h9-14,24-27,30-33H,15-23,28-29H2,1-8H3. The van der Waals surface area contributed by atoms with Crippen LogP contribution in [0.4, 0.5) is 0 Å². The Bertz CT molecular complexity index is 1200. The van der Waals surface area contributed by atoms with Crippen LogP contribution < -0.4 is 9.47 Å². The van der Waals surface area contributed by atoms with Gasteiger partial charge in [-0.3, -0.25) is 0 Å². The van der Waals surface area contributed by atoms with E-state index in [2.05, 4.69) is 102 Å². The molecule has 0 aliphatic carbocycles. The summed E-state index contributed by atoms with van der Waals surface area (Å²) in [5.74, 6) is 4.90. The van der Waals surface area contributed by atoms with Crippen LogP contribution in [0.15, 0.2) is 60.7 Å². The highest BCUT2D eigenvalue weighted by atomic mass is 16.5. The zero-order valence-corrected chi connectivity index (χ0v) is 28.7. The molecule has 0 spiro atoms. The van der Waals surface area contributed by atoms with Gasteiger partial charge in [-0.15, -0.1) is 0 Å². The number of methoxy groups -OCH3 is 2. The van der Waals surface area contributed by atoms with E-state index in [4.69, 9.17) is 9.47 Å². The highest BCUT2D eigenvalue weighted by Crippen LogP contribution is 2.49. The lowest BCUT2D eigenvalue weighted by molar-refractivity contribution is 0.356. The lowest BCUT2D eigenvalue weighted by Crippen LogP contribution is -2.07. The van der Waals surface area contributed by atoms with Crippen molar-refractivity contribution in [3.05, 3.63) is 71.8 Å². The molecule has 0 aliphatic heterocycles. The third-order valence-electron chi connectivity index (χ3n) is 9.48. The van der Waals surface area contributed by atoms with Crippen LogP contribution in [-0.4, -0.2) is 14.2 Å². The zero-order valence-electron chi connectivity index (χ0n) is 28.7. The number of ether oxygens (including phenoxy) is 2. The van der Waals surface area contributed by atoms with E-state index in [-0.39, 0.29) is 0 Å².